The zero-order valence-corrected chi connectivity index (χ0v) is 20.6. The molecule has 1 amide bonds. The number of rotatable bonds is 6. The molecule has 3 aromatic carbocycles. The number of benzene rings is 3. The summed E-state index contributed by atoms with van der Waals surface area (Å²) in [6.07, 6.45) is 1.50. The molecule has 0 unspecified atom stereocenters. The fourth-order valence-electron chi connectivity index (χ4n) is 2.75. The van der Waals surface area contributed by atoms with Crippen molar-refractivity contribution in [2.75, 3.05) is 5.32 Å². The van der Waals surface area contributed by atoms with E-state index in [1.165, 1.54) is 6.08 Å². The first kappa shape index (κ1) is 24.2. The molecule has 0 atom stereocenters. The lowest BCUT2D eigenvalue weighted by molar-refractivity contribution is -0.112. The number of anilines is 1. The molecule has 8 heteroatoms. The molecule has 1 N–H and O–H groups in total. The molecule has 0 spiro atoms. The molecule has 3 aromatic rings. The maximum absolute atomic E-state index is 12.6. The summed E-state index contributed by atoms with van der Waals surface area (Å²) in [5, 5.41) is 13.8. The minimum absolute atomic E-state index is 0.0436. The Bertz CT molecular complexity index is 1250. The molecule has 0 saturated carbocycles. The lowest BCUT2D eigenvalue weighted by atomic mass is 10.1. The predicted octanol–water partition coefficient (Wildman–Crippen LogP) is 7.84. The Morgan fingerprint density at radius 1 is 1.09 bits per heavy atom. The smallest absolute Gasteiger partial charge is 0.266 e. The van der Waals surface area contributed by atoms with Gasteiger partial charge in [0.25, 0.3) is 5.91 Å². The molecule has 0 radical (unpaired) electrons. The van der Waals surface area contributed by atoms with Gasteiger partial charge >= 0.3 is 0 Å². The van der Waals surface area contributed by atoms with Crippen LogP contribution >= 0.6 is 50.7 Å². The van der Waals surface area contributed by atoms with Crippen molar-refractivity contribution in [3.63, 3.8) is 0 Å². The second kappa shape index (κ2) is 10.9. The van der Waals surface area contributed by atoms with Gasteiger partial charge in [0.15, 0.2) is 0 Å². The van der Waals surface area contributed by atoms with Gasteiger partial charge < -0.3 is 10.1 Å². The second-order valence-electron chi connectivity index (χ2n) is 6.80. The number of carbonyl (C=O) groups excluding carboxylic acids is 1. The van der Waals surface area contributed by atoms with E-state index in [2.05, 4.69) is 21.2 Å². The quantitative estimate of drug-likeness (QED) is 0.251. The van der Waals surface area contributed by atoms with Crippen LogP contribution in [0.4, 0.5) is 5.69 Å². The van der Waals surface area contributed by atoms with Crippen molar-refractivity contribution >= 4 is 68.4 Å². The first-order chi connectivity index (χ1) is 15.3. The lowest BCUT2D eigenvalue weighted by Gasteiger charge is -2.11. The first-order valence-electron chi connectivity index (χ1n) is 9.32. The summed E-state index contributed by atoms with van der Waals surface area (Å²) in [6.45, 7) is 2.10. The molecule has 4 nitrogen and oxygen atoms in total. The van der Waals surface area contributed by atoms with E-state index in [0.29, 0.717) is 36.5 Å². The third-order valence-electron chi connectivity index (χ3n) is 4.48. The van der Waals surface area contributed by atoms with Gasteiger partial charge in [0.1, 0.15) is 24.0 Å². The molecule has 0 aliphatic carbocycles. The molecular formula is C24H16BrCl3N2O2. The van der Waals surface area contributed by atoms with E-state index in [4.69, 9.17) is 39.5 Å². The van der Waals surface area contributed by atoms with Crippen molar-refractivity contribution in [1.29, 1.82) is 5.26 Å². The highest BCUT2D eigenvalue weighted by molar-refractivity contribution is 9.10. The van der Waals surface area contributed by atoms with Crippen LogP contribution in [0.1, 0.15) is 16.7 Å². The zero-order chi connectivity index (χ0) is 23.3. The van der Waals surface area contributed by atoms with Gasteiger partial charge in [-0.1, -0.05) is 53.0 Å². The van der Waals surface area contributed by atoms with E-state index in [1.807, 2.05) is 13.0 Å². The van der Waals surface area contributed by atoms with Crippen molar-refractivity contribution in [2.45, 2.75) is 13.5 Å². The van der Waals surface area contributed by atoms with Crippen LogP contribution in [0.25, 0.3) is 6.08 Å². The van der Waals surface area contributed by atoms with Gasteiger partial charge in [0, 0.05) is 26.3 Å². The Morgan fingerprint density at radius 2 is 1.81 bits per heavy atom. The van der Waals surface area contributed by atoms with Gasteiger partial charge in [0.2, 0.25) is 0 Å². The van der Waals surface area contributed by atoms with E-state index >= 15 is 0 Å². The van der Waals surface area contributed by atoms with Crippen molar-refractivity contribution in [1.82, 2.24) is 0 Å². The lowest BCUT2D eigenvalue weighted by Crippen LogP contribution is -2.14. The predicted molar refractivity (Wildman–Crippen MR) is 133 cm³/mol. The maximum Gasteiger partial charge on any atom is 0.266 e. The highest BCUT2D eigenvalue weighted by Crippen LogP contribution is 2.29. The van der Waals surface area contributed by atoms with Crippen LogP contribution in [0, 0.1) is 18.3 Å². The number of aryl methyl sites for hydroxylation is 1. The summed E-state index contributed by atoms with van der Waals surface area (Å²) < 4.78 is 6.50. The normalized spacial score (nSPS) is 11.1. The Balaban J connectivity index is 1.74. The monoisotopic (exact) mass is 548 g/mol. The molecule has 32 heavy (non-hydrogen) atoms. The van der Waals surface area contributed by atoms with Crippen LogP contribution < -0.4 is 10.1 Å². The number of carbonyl (C=O) groups is 1. The number of halogens is 4. The molecule has 3 rings (SSSR count). The summed E-state index contributed by atoms with van der Waals surface area (Å²) in [5.74, 6) is 0.0670. The number of hydrogen-bond acceptors (Lipinski definition) is 3. The standard InChI is InChI=1S/C24H16BrCl3N2O2/c1-14-2-5-19(27)11-22(14)30-24(31)17(12-29)8-15-3-7-23(20(25)9-15)32-13-16-4-6-18(26)10-21(16)28/h2-11H,13H2,1H3,(H,30,31)/b17-8+. The van der Waals surface area contributed by atoms with Crippen molar-refractivity contribution in [3.05, 3.63) is 96.4 Å². The van der Waals surface area contributed by atoms with Crippen LogP contribution in [0.5, 0.6) is 5.75 Å². The van der Waals surface area contributed by atoms with Crippen molar-refractivity contribution < 1.29 is 9.53 Å². The van der Waals surface area contributed by atoms with Gasteiger partial charge in [-0.2, -0.15) is 5.26 Å². The van der Waals surface area contributed by atoms with Gasteiger partial charge in [-0.15, -0.1) is 0 Å². The fraction of sp³-hybridized carbons (Fsp3) is 0.0833. The number of nitriles is 1. The average Bonchev–Trinajstić information content (AvgIpc) is 2.75. The molecular weight excluding hydrogens is 535 g/mol. The Morgan fingerprint density at radius 3 is 2.50 bits per heavy atom. The van der Waals surface area contributed by atoms with Crippen LogP contribution in [0.15, 0.2) is 64.6 Å². The van der Waals surface area contributed by atoms with Crippen molar-refractivity contribution in [3.8, 4) is 11.8 Å². The average molecular weight is 551 g/mol. The van der Waals surface area contributed by atoms with Crippen LogP contribution in [0.2, 0.25) is 15.1 Å². The largest absolute Gasteiger partial charge is 0.488 e. The van der Waals surface area contributed by atoms with E-state index in [1.54, 1.807) is 54.6 Å². The topological polar surface area (TPSA) is 62.1 Å². The third-order valence-corrected chi connectivity index (χ3v) is 5.92. The SMILES string of the molecule is Cc1ccc(Cl)cc1NC(=O)/C(C#N)=C/c1ccc(OCc2ccc(Cl)cc2Cl)c(Br)c1. The van der Waals surface area contributed by atoms with E-state index in [-0.39, 0.29) is 12.2 Å². The van der Waals surface area contributed by atoms with Gasteiger partial charge in [-0.05, 0) is 76.5 Å². The Kier molecular flexibility index (Phi) is 8.22. The van der Waals surface area contributed by atoms with Crippen molar-refractivity contribution in [2.24, 2.45) is 0 Å². The maximum atomic E-state index is 12.6. The number of ether oxygens (including phenoxy) is 1. The van der Waals surface area contributed by atoms with Crippen LogP contribution in [0.3, 0.4) is 0 Å². The van der Waals surface area contributed by atoms with E-state index in [9.17, 15) is 10.1 Å². The molecule has 0 aromatic heterocycles. The summed E-state index contributed by atoms with van der Waals surface area (Å²) in [7, 11) is 0. The van der Waals surface area contributed by atoms with Gasteiger partial charge in [-0.3, -0.25) is 4.79 Å². The van der Waals surface area contributed by atoms with Crippen LogP contribution in [-0.4, -0.2) is 5.91 Å². The van der Waals surface area contributed by atoms with E-state index in [0.717, 1.165) is 11.1 Å². The summed E-state index contributed by atoms with van der Waals surface area (Å²) in [4.78, 5) is 12.6. The second-order valence-corrected chi connectivity index (χ2v) is 8.93. The Hall–Kier alpha value is -2.49. The number of hydrogen-bond donors (Lipinski definition) is 1. The summed E-state index contributed by atoms with van der Waals surface area (Å²) in [5.41, 5.74) is 2.80. The van der Waals surface area contributed by atoms with Gasteiger partial charge in [-0.25, -0.2) is 0 Å². The van der Waals surface area contributed by atoms with Gasteiger partial charge in [0.05, 0.1) is 4.47 Å². The number of amides is 1. The fourth-order valence-corrected chi connectivity index (χ4v) is 3.90. The molecule has 0 fully saturated rings. The van der Waals surface area contributed by atoms with E-state index < -0.39 is 5.91 Å². The first-order valence-corrected chi connectivity index (χ1v) is 11.2. The molecule has 0 aliphatic rings. The number of nitrogens with zero attached hydrogens (tertiary/aromatic N) is 1. The third kappa shape index (κ3) is 6.27. The molecule has 0 heterocycles. The minimum atomic E-state index is -0.522. The van der Waals surface area contributed by atoms with Crippen LogP contribution in [-0.2, 0) is 11.4 Å². The summed E-state index contributed by atoms with van der Waals surface area (Å²) in [6, 6.07) is 17.6. The Labute approximate surface area is 209 Å². The summed E-state index contributed by atoms with van der Waals surface area (Å²) >= 11 is 21.6. The molecule has 0 aliphatic heterocycles. The molecule has 162 valence electrons. The molecule has 0 bridgehead atoms. The molecule has 0 saturated heterocycles. The number of nitrogens with one attached hydrogen (secondary N) is 1. The highest BCUT2D eigenvalue weighted by Gasteiger charge is 2.12. The minimum Gasteiger partial charge on any atom is -0.488 e. The zero-order valence-electron chi connectivity index (χ0n) is 16.8. The highest BCUT2D eigenvalue weighted by atomic mass is 79.9.